The second-order valence-corrected chi connectivity index (χ2v) is 4.47. The summed E-state index contributed by atoms with van der Waals surface area (Å²) in [5.41, 5.74) is 0.0646. The number of aromatic nitrogens is 1. The van der Waals surface area contributed by atoms with E-state index in [9.17, 15) is 13.2 Å². The van der Waals surface area contributed by atoms with E-state index in [0.717, 1.165) is 44.0 Å². The van der Waals surface area contributed by atoms with E-state index in [2.05, 4.69) is 10.3 Å². The Kier molecular flexibility index (Phi) is 3.66. The van der Waals surface area contributed by atoms with Crippen molar-refractivity contribution >= 4 is 0 Å². The van der Waals surface area contributed by atoms with Crippen molar-refractivity contribution in [1.82, 2.24) is 10.3 Å². The molecule has 0 bridgehead atoms. The molecular weight excluding hydrogens is 229 g/mol. The molecule has 5 heteroatoms. The van der Waals surface area contributed by atoms with Gasteiger partial charge in [-0.1, -0.05) is 6.07 Å². The Hall–Kier alpha value is -1.10. The lowest BCUT2D eigenvalue weighted by Crippen LogP contribution is -2.30. The van der Waals surface area contributed by atoms with Crippen molar-refractivity contribution in [3.63, 3.8) is 0 Å². The van der Waals surface area contributed by atoms with Crippen LogP contribution in [0.15, 0.2) is 18.3 Å². The summed E-state index contributed by atoms with van der Waals surface area (Å²) >= 11 is 0. The number of nitrogens with one attached hydrogen (secondary N) is 1. The van der Waals surface area contributed by atoms with E-state index in [1.54, 1.807) is 0 Å². The zero-order valence-electron chi connectivity index (χ0n) is 9.43. The summed E-state index contributed by atoms with van der Waals surface area (Å²) < 4.78 is 36.9. The van der Waals surface area contributed by atoms with Gasteiger partial charge in [0.1, 0.15) is 5.69 Å². The first-order valence-electron chi connectivity index (χ1n) is 5.78. The molecule has 1 atom stereocenters. The number of halogens is 3. The number of hydrogen-bond acceptors (Lipinski definition) is 2. The molecule has 2 nitrogen and oxygen atoms in total. The van der Waals surface area contributed by atoms with E-state index in [0.29, 0.717) is 5.92 Å². The van der Waals surface area contributed by atoms with Crippen LogP contribution in [0.3, 0.4) is 0 Å². The Labute approximate surface area is 98.2 Å². The lowest BCUT2D eigenvalue weighted by Gasteiger charge is -2.22. The summed E-state index contributed by atoms with van der Waals surface area (Å²) in [5.74, 6) is 0.516. The fraction of sp³-hybridized carbons (Fsp3) is 0.583. The third kappa shape index (κ3) is 3.43. The van der Waals surface area contributed by atoms with Crippen LogP contribution in [0.25, 0.3) is 0 Å². The minimum atomic E-state index is -4.34. The van der Waals surface area contributed by atoms with Gasteiger partial charge in [-0.05, 0) is 49.9 Å². The van der Waals surface area contributed by atoms with Crippen molar-refractivity contribution in [1.29, 1.82) is 0 Å². The topological polar surface area (TPSA) is 24.9 Å². The number of hydrogen-bond donors (Lipinski definition) is 1. The summed E-state index contributed by atoms with van der Waals surface area (Å²) in [6, 6.07) is 2.59. The summed E-state index contributed by atoms with van der Waals surface area (Å²) in [6.45, 7) is 1.99. The molecule has 94 valence electrons. The SMILES string of the molecule is FC(F)(F)c1ccc(CC2CCCNC2)cn1. The maximum Gasteiger partial charge on any atom is 0.433 e. The smallest absolute Gasteiger partial charge is 0.316 e. The van der Waals surface area contributed by atoms with Crippen LogP contribution >= 0.6 is 0 Å². The van der Waals surface area contributed by atoms with Gasteiger partial charge in [0.2, 0.25) is 0 Å². The van der Waals surface area contributed by atoms with Gasteiger partial charge in [0, 0.05) is 6.20 Å². The molecule has 17 heavy (non-hydrogen) atoms. The molecule has 1 saturated heterocycles. The minimum absolute atomic E-state index is 0.516. The molecule has 0 aromatic carbocycles. The minimum Gasteiger partial charge on any atom is -0.316 e. The highest BCUT2D eigenvalue weighted by Crippen LogP contribution is 2.27. The van der Waals surface area contributed by atoms with Crippen LogP contribution in [0.4, 0.5) is 13.2 Å². The molecule has 0 saturated carbocycles. The van der Waals surface area contributed by atoms with Crippen molar-refractivity contribution in [3.8, 4) is 0 Å². The highest BCUT2D eigenvalue weighted by molar-refractivity contribution is 5.16. The summed E-state index contributed by atoms with van der Waals surface area (Å²) in [5, 5.41) is 3.29. The van der Waals surface area contributed by atoms with Crippen LogP contribution in [0.2, 0.25) is 0 Å². The van der Waals surface area contributed by atoms with E-state index >= 15 is 0 Å². The lowest BCUT2D eigenvalue weighted by atomic mass is 9.93. The number of piperidine rings is 1. The van der Waals surface area contributed by atoms with Crippen LogP contribution in [0, 0.1) is 5.92 Å². The zero-order chi connectivity index (χ0) is 12.3. The Balaban J connectivity index is 1.98. The van der Waals surface area contributed by atoms with Gasteiger partial charge in [0.15, 0.2) is 0 Å². The van der Waals surface area contributed by atoms with Gasteiger partial charge in [-0.2, -0.15) is 13.2 Å². The first kappa shape index (κ1) is 12.4. The predicted molar refractivity (Wildman–Crippen MR) is 58.5 cm³/mol. The van der Waals surface area contributed by atoms with Gasteiger partial charge in [0.05, 0.1) is 0 Å². The molecule has 0 amide bonds. The van der Waals surface area contributed by atoms with Crippen LogP contribution in [0.5, 0.6) is 0 Å². The third-order valence-corrected chi connectivity index (χ3v) is 3.04. The summed E-state index contributed by atoms with van der Waals surface area (Å²) in [6.07, 6.45) is 0.0766. The van der Waals surface area contributed by atoms with E-state index in [1.165, 1.54) is 12.3 Å². The standard InChI is InChI=1S/C12H15F3N2/c13-12(14,15)11-4-3-10(8-17-11)6-9-2-1-5-16-7-9/h3-4,8-9,16H,1-2,5-7H2. The second kappa shape index (κ2) is 5.04. The van der Waals surface area contributed by atoms with Gasteiger partial charge in [-0.25, -0.2) is 0 Å². The molecule has 1 aromatic heterocycles. The Morgan fingerprint density at radius 2 is 2.18 bits per heavy atom. The maximum atomic E-state index is 12.3. The van der Waals surface area contributed by atoms with Crippen LogP contribution in [0.1, 0.15) is 24.1 Å². The zero-order valence-corrected chi connectivity index (χ0v) is 9.43. The molecule has 1 aliphatic heterocycles. The second-order valence-electron chi connectivity index (χ2n) is 4.47. The highest BCUT2D eigenvalue weighted by atomic mass is 19.4. The molecule has 1 N–H and O–H groups in total. The molecule has 1 aliphatic rings. The summed E-state index contributed by atoms with van der Waals surface area (Å²) in [7, 11) is 0. The molecule has 1 unspecified atom stereocenters. The summed E-state index contributed by atoms with van der Waals surface area (Å²) in [4.78, 5) is 3.47. The number of pyridine rings is 1. The van der Waals surface area contributed by atoms with Crippen molar-refractivity contribution in [3.05, 3.63) is 29.6 Å². The Morgan fingerprint density at radius 3 is 2.71 bits per heavy atom. The van der Waals surface area contributed by atoms with Gasteiger partial charge in [0.25, 0.3) is 0 Å². The fourth-order valence-electron chi connectivity index (χ4n) is 2.14. The van der Waals surface area contributed by atoms with E-state index in [1.807, 2.05) is 0 Å². The predicted octanol–water partition coefficient (Wildman–Crippen LogP) is 2.64. The van der Waals surface area contributed by atoms with Crippen molar-refractivity contribution in [2.24, 2.45) is 5.92 Å². The normalized spacial score (nSPS) is 21.5. The maximum absolute atomic E-state index is 12.3. The van der Waals surface area contributed by atoms with Crippen molar-refractivity contribution < 1.29 is 13.2 Å². The highest BCUT2D eigenvalue weighted by Gasteiger charge is 2.32. The Morgan fingerprint density at radius 1 is 1.35 bits per heavy atom. The molecule has 2 heterocycles. The number of nitrogens with zero attached hydrogens (tertiary/aromatic N) is 1. The largest absolute Gasteiger partial charge is 0.433 e. The molecule has 0 spiro atoms. The average molecular weight is 244 g/mol. The quantitative estimate of drug-likeness (QED) is 0.865. The third-order valence-electron chi connectivity index (χ3n) is 3.04. The molecule has 0 aliphatic carbocycles. The van der Waals surface area contributed by atoms with Gasteiger partial charge in [-0.3, -0.25) is 4.98 Å². The first-order valence-corrected chi connectivity index (χ1v) is 5.78. The number of alkyl halides is 3. The van der Waals surface area contributed by atoms with E-state index in [-0.39, 0.29) is 0 Å². The molecule has 2 rings (SSSR count). The average Bonchev–Trinajstić information content (AvgIpc) is 2.30. The Bertz CT molecular complexity index is 353. The monoisotopic (exact) mass is 244 g/mol. The van der Waals surface area contributed by atoms with E-state index in [4.69, 9.17) is 0 Å². The molecular formula is C12H15F3N2. The van der Waals surface area contributed by atoms with Gasteiger partial charge >= 0.3 is 6.18 Å². The molecule has 0 radical (unpaired) electrons. The van der Waals surface area contributed by atoms with Crippen molar-refractivity contribution in [2.75, 3.05) is 13.1 Å². The number of rotatable bonds is 2. The van der Waals surface area contributed by atoms with E-state index < -0.39 is 11.9 Å². The first-order chi connectivity index (χ1) is 8.05. The van der Waals surface area contributed by atoms with Gasteiger partial charge < -0.3 is 5.32 Å². The van der Waals surface area contributed by atoms with Crippen molar-refractivity contribution in [2.45, 2.75) is 25.4 Å². The molecule has 1 fully saturated rings. The molecule has 1 aromatic rings. The van der Waals surface area contributed by atoms with Gasteiger partial charge in [-0.15, -0.1) is 0 Å². The van der Waals surface area contributed by atoms with Crippen LogP contribution < -0.4 is 5.32 Å². The lowest BCUT2D eigenvalue weighted by molar-refractivity contribution is -0.141. The fourth-order valence-corrected chi connectivity index (χ4v) is 2.14. The van der Waals surface area contributed by atoms with Crippen LogP contribution in [-0.4, -0.2) is 18.1 Å². The van der Waals surface area contributed by atoms with Crippen LogP contribution in [-0.2, 0) is 12.6 Å².